The highest BCUT2D eigenvalue weighted by molar-refractivity contribution is 5.73. The molecule has 4 rings (SSSR count). The number of aliphatic hydroxyl groups is 3. The lowest BCUT2D eigenvalue weighted by molar-refractivity contribution is -0.308. The molecule has 0 aliphatic carbocycles. The maximum atomic E-state index is 14.0. The normalized spacial score (nSPS) is 44.4. The van der Waals surface area contributed by atoms with Crippen LogP contribution in [0.1, 0.15) is 104 Å². The number of ether oxygens (including phenoxy) is 6. The number of carbonyl (C=O) groups is 1. The number of aryl methyl sites for hydroxylation is 1. The molecule has 0 aromatic carbocycles. The molecule has 1 aromatic rings. The number of hydrogen-bond donors (Lipinski definition) is 3. The van der Waals surface area contributed by atoms with Gasteiger partial charge in [0.2, 0.25) is 0 Å². The summed E-state index contributed by atoms with van der Waals surface area (Å²) in [5.74, 6) is -1.32. The molecule has 48 heavy (non-hydrogen) atoms. The van der Waals surface area contributed by atoms with Crippen molar-refractivity contribution in [2.75, 3.05) is 21.2 Å². The van der Waals surface area contributed by atoms with Crippen molar-refractivity contribution < 1.29 is 53.0 Å². The van der Waals surface area contributed by atoms with E-state index >= 15 is 0 Å². The van der Waals surface area contributed by atoms with E-state index in [1.807, 2.05) is 66.6 Å². The van der Waals surface area contributed by atoms with E-state index in [4.69, 9.17) is 32.8 Å². The third kappa shape index (κ3) is 7.67. The van der Waals surface area contributed by atoms with Crippen LogP contribution in [0, 0.1) is 24.2 Å². The monoisotopic (exact) mass is 683 g/mol. The van der Waals surface area contributed by atoms with Crippen LogP contribution < -0.4 is 0 Å². The molecule has 4 heterocycles. The first kappa shape index (κ1) is 39.2. The molecule has 3 aliphatic heterocycles. The number of furan rings is 1. The van der Waals surface area contributed by atoms with Crippen LogP contribution in [0.2, 0.25) is 0 Å². The molecule has 2 saturated heterocycles. The van der Waals surface area contributed by atoms with Gasteiger partial charge in [0.1, 0.15) is 35.9 Å². The van der Waals surface area contributed by atoms with E-state index in [0.717, 1.165) is 5.56 Å². The van der Waals surface area contributed by atoms with Crippen LogP contribution >= 0.6 is 0 Å². The summed E-state index contributed by atoms with van der Waals surface area (Å²) in [5, 5.41) is 34.0. The average molecular weight is 684 g/mol. The molecular weight excluding hydrogens is 622 g/mol. The fraction of sp³-hybridized carbons (Fsp3) is 0.861. The highest BCUT2D eigenvalue weighted by atomic mass is 16.7. The van der Waals surface area contributed by atoms with Crippen molar-refractivity contribution in [3.8, 4) is 0 Å². The first-order valence-electron chi connectivity index (χ1n) is 17.4. The van der Waals surface area contributed by atoms with E-state index < -0.39 is 90.0 Å². The number of esters is 1. The lowest BCUT2D eigenvalue weighted by atomic mass is 9.75. The Kier molecular flexibility index (Phi) is 12.2. The van der Waals surface area contributed by atoms with Gasteiger partial charge in [0.25, 0.3) is 0 Å². The van der Waals surface area contributed by atoms with E-state index in [1.54, 1.807) is 27.7 Å². The van der Waals surface area contributed by atoms with Crippen molar-refractivity contribution in [2.45, 2.75) is 161 Å². The summed E-state index contributed by atoms with van der Waals surface area (Å²) in [6, 6.07) is 1.68. The molecule has 276 valence electrons. The molecule has 0 radical (unpaired) electrons. The van der Waals surface area contributed by atoms with E-state index in [9.17, 15) is 20.1 Å². The van der Waals surface area contributed by atoms with Crippen LogP contribution in [0.25, 0.3) is 0 Å². The number of carbonyl (C=O) groups excluding carboxylic acids is 1. The van der Waals surface area contributed by atoms with Gasteiger partial charge in [-0.15, -0.1) is 0 Å². The molecular formula is C36H61NO11. The van der Waals surface area contributed by atoms with Crippen LogP contribution in [0.3, 0.4) is 0 Å². The minimum atomic E-state index is -1.01. The quantitative estimate of drug-likeness (QED) is 0.371. The zero-order valence-electron chi connectivity index (χ0n) is 31.1. The smallest absolute Gasteiger partial charge is 0.311 e. The second kappa shape index (κ2) is 14.9. The summed E-state index contributed by atoms with van der Waals surface area (Å²) in [7, 11) is 5.36. The van der Waals surface area contributed by atoms with E-state index in [-0.39, 0.29) is 18.6 Å². The van der Waals surface area contributed by atoms with Crippen molar-refractivity contribution in [1.82, 2.24) is 4.90 Å². The molecule has 12 heteroatoms. The number of fused-ring (bicyclic) bond motifs is 2. The Bertz CT molecular complexity index is 1240. The Balaban J connectivity index is 1.83. The van der Waals surface area contributed by atoms with Crippen LogP contribution in [0.4, 0.5) is 0 Å². The zero-order chi connectivity index (χ0) is 36.0. The number of methoxy groups -OCH3 is 1. The SMILES string of the molecule is COC1(C)CC(OC2[C@H](C)C(OC3O[C@H](C)CC(N(C)C)C3O)c3cc(C)c(o3)[C@H](C)C(O)C(C)(C)C(C)OC(=O)[C@@H]2C)O[C@@H](C)C1O. The average Bonchev–Trinajstić information content (AvgIpc) is 3.41. The third-order valence-corrected chi connectivity index (χ3v) is 11.4. The largest absolute Gasteiger partial charge is 0.463 e. The van der Waals surface area contributed by atoms with Gasteiger partial charge in [-0.1, -0.05) is 27.7 Å². The van der Waals surface area contributed by atoms with E-state index in [2.05, 4.69) is 0 Å². The number of cyclic esters (lactones) is 1. The summed E-state index contributed by atoms with van der Waals surface area (Å²) in [6.07, 6.45) is -6.99. The first-order chi connectivity index (χ1) is 22.2. The number of likely N-dealkylation sites (N-methyl/N-ethyl adjacent to an activating group) is 1. The van der Waals surface area contributed by atoms with Crippen LogP contribution in [-0.4, -0.2) is 114 Å². The van der Waals surface area contributed by atoms with Crippen molar-refractivity contribution in [2.24, 2.45) is 17.3 Å². The fourth-order valence-corrected chi connectivity index (χ4v) is 7.60. The predicted octanol–water partition coefficient (Wildman–Crippen LogP) is 4.07. The fourth-order valence-electron chi connectivity index (χ4n) is 7.60. The highest BCUT2D eigenvalue weighted by Gasteiger charge is 2.50. The number of rotatable bonds is 6. The van der Waals surface area contributed by atoms with Gasteiger partial charge >= 0.3 is 5.97 Å². The molecule has 1 aromatic heterocycles. The lowest BCUT2D eigenvalue weighted by Gasteiger charge is -2.46. The van der Waals surface area contributed by atoms with Crippen molar-refractivity contribution >= 4 is 5.97 Å². The standard InChI is InChI=1S/C36H61NO11/c1-17-14-25-30(48-34-27(38)24(37(11)12)15-18(2)43-34)19(3)29(47-26-16-36(10,42-13)32(40)22(6)44-26)21(5)33(41)45-23(7)35(8,9)31(39)20(4)28(17)46-25/h14,18-24,26-27,29-32,34,38-40H,15-16H2,1-13H3/t18-,19+,20+,21-,22+,23?,24?,26?,27?,29?,30?,31?,32?,34?,36?/m1/s1. The molecule has 2 bridgehead atoms. The van der Waals surface area contributed by atoms with E-state index in [1.165, 1.54) is 7.11 Å². The third-order valence-electron chi connectivity index (χ3n) is 11.4. The first-order valence-corrected chi connectivity index (χ1v) is 17.4. The molecule has 15 atom stereocenters. The van der Waals surface area contributed by atoms with Gasteiger partial charge in [-0.2, -0.15) is 0 Å². The van der Waals surface area contributed by atoms with Crippen LogP contribution in [-0.2, 0) is 33.2 Å². The highest BCUT2D eigenvalue weighted by Crippen LogP contribution is 2.44. The number of hydrogen-bond acceptors (Lipinski definition) is 12. The Hall–Kier alpha value is -1.61. The number of aliphatic hydroxyl groups excluding tert-OH is 3. The molecule has 0 spiro atoms. The molecule has 3 aliphatic rings. The Morgan fingerprint density at radius 3 is 2.19 bits per heavy atom. The van der Waals surface area contributed by atoms with Gasteiger partial charge in [0.05, 0.1) is 35.9 Å². The van der Waals surface area contributed by atoms with Gasteiger partial charge < -0.3 is 53.1 Å². The maximum Gasteiger partial charge on any atom is 0.311 e. The van der Waals surface area contributed by atoms with Gasteiger partial charge in [-0.05, 0) is 73.7 Å². The minimum Gasteiger partial charge on any atom is -0.463 e. The molecule has 0 saturated carbocycles. The second-order valence-corrected chi connectivity index (χ2v) is 15.6. The Labute approximate surface area is 286 Å². The zero-order valence-corrected chi connectivity index (χ0v) is 31.1. The summed E-state index contributed by atoms with van der Waals surface area (Å²) in [4.78, 5) is 15.9. The summed E-state index contributed by atoms with van der Waals surface area (Å²) < 4.78 is 44.2. The summed E-state index contributed by atoms with van der Waals surface area (Å²) in [5.41, 5.74) is -0.959. The number of nitrogens with zero attached hydrogens (tertiary/aromatic N) is 1. The molecule has 0 amide bonds. The van der Waals surface area contributed by atoms with Crippen molar-refractivity contribution in [3.05, 3.63) is 23.2 Å². The van der Waals surface area contributed by atoms with Gasteiger partial charge in [0.15, 0.2) is 12.6 Å². The topological polar surface area (TPSA) is 150 Å². The molecule has 10 unspecified atom stereocenters. The van der Waals surface area contributed by atoms with Crippen LogP contribution in [0.5, 0.6) is 0 Å². The molecule has 2 fully saturated rings. The predicted molar refractivity (Wildman–Crippen MR) is 177 cm³/mol. The Morgan fingerprint density at radius 2 is 1.58 bits per heavy atom. The van der Waals surface area contributed by atoms with Crippen molar-refractivity contribution in [3.63, 3.8) is 0 Å². The summed E-state index contributed by atoms with van der Waals surface area (Å²) >= 11 is 0. The van der Waals surface area contributed by atoms with E-state index in [0.29, 0.717) is 17.9 Å². The van der Waals surface area contributed by atoms with Gasteiger partial charge in [-0.3, -0.25) is 4.79 Å². The molecule has 12 nitrogen and oxygen atoms in total. The molecule has 3 N–H and O–H groups in total. The van der Waals surface area contributed by atoms with Crippen molar-refractivity contribution in [1.29, 1.82) is 0 Å². The summed E-state index contributed by atoms with van der Waals surface area (Å²) in [6.45, 7) is 18.5. The Morgan fingerprint density at radius 1 is 0.938 bits per heavy atom. The second-order valence-electron chi connectivity index (χ2n) is 15.6. The maximum absolute atomic E-state index is 14.0. The lowest BCUT2D eigenvalue weighted by Crippen LogP contribution is -2.57. The van der Waals surface area contributed by atoms with Crippen LogP contribution in [0.15, 0.2) is 10.5 Å². The van der Waals surface area contributed by atoms with Gasteiger partial charge in [0, 0.05) is 36.8 Å². The minimum absolute atomic E-state index is 0.195. The van der Waals surface area contributed by atoms with Gasteiger partial charge in [-0.25, -0.2) is 0 Å².